The first-order chi connectivity index (χ1) is 3.72. The number of hydrogen-bond acceptors (Lipinski definition) is 3. The Morgan fingerprint density at radius 2 is 2.25 bits per heavy atom. The molecule has 0 bridgehead atoms. The number of carbonyl (C=O) groups excluding carboxylic acids is 1. The van der Waals surface area contributed by atoms with Crippen molar-refractivity contribution in [2.75, 3.05) is 13.3 Å². The van der Waals surface area contributed by atoms with Crippen LogP contribution in [0, 0.1) is 0 Å². The van der Waals surface area contributed by atoms with Crippen LogP contribution in [0.3, 0.4) is 0 Å². The highest BCUT2D eigenvalue weighted by molar-refractivity contribution is 8.24. The maximum atomic E-state index is 10.5. The first kappa shape index (κ1) is 7.91. The molecular formula is C4H7NOS2. The molecule has 0 aromatic carbocycles. The predicted molar refractivity (Wildman–Crippen MR) is 40.2 cm³/mol. The molecule has 0 rings (SSSR count). The molecular weight excluding hydrogens is 142 g/mol. The van der Waals surface area contributed by atoms with Crippen LogP contribution < -0.4 is 5.32 Å². The summed E-state index contributed by atoms with van der Waals surface area (Å²) in [6.45, 7) is 0. The van der Waals surface area contributed by atoms with E-state index in [2.05, 4.69) is 17.5 Å². The molecule has 0 atom stereocenters. The van der Waals surface area contributed by atoms with Crippen molar-refractivity contribution in [1.82, 2.24) is 5.32 Å². The molecule has 0 radical (unpaired) electrons. The van der Waals surface area contributed by atoms with Crippen LogP contribution in [0.4, 0.5) is 0 Å². The molecule has 0 aliphatic carbocycles. The third kappa shape index (κ3) is 2.28. The van der Waals surface area contributed by atoms with Crippen LogP contribution in [0.2, 0.25) is 0 Å². The van der Waals surface area contributed by atoms with E-state index in [0.29, 0.717) is 4.20 Å². The number of thiocarbonyl (C=S) groups is 1. The third-order valence-corrected chi connectivity index (χ3v) is 1.84. The lowest BCUT2D eigenvalue weighted by Gasteiger charge is -1.93. The summed E-state index contributed by atoms with van der Waals surface area (Å²) < 4.78 is 0.382. The van der Waals surface area contributed by atoms with Crippen LogP contribution in [0.25, 0.3) is 0 Å². The average molecular weight is 149 g/mol. The highest BCUT2D eigenvalue weighted by Crippen LogP contribution is 1.95. The van der Waals surface area contributed by atoms with E-state index in [0.717, 1.165) is 0 Å². The highest BCUT2D eigenvalue weighted by atomic mass is 32.2. The summed E-state index contributed by atoms with van der Waals surface area (Å²) in [5.41, 5.74) is 0. The Kier molecular flexibility index (Phi) is 3.81. The predicted octanol–water partition coefficient (Wildman–Crippen LogP) is 0.423. The normalized spacial score (nSPS) is 8.25. The SMILES string of the molecule is CNC(=O)C(=S)SC. The second-order valence-electron chi connectivity index (χ2n) is 1.07. The fraction of sp³-hybridized carbons (Fsp3) is 0.500. The standard InChI is InChI=1S/C4H7NOS2/c1-5-3(6)4(7)8-2/h1-2H3,(H,5,6). The zero-order valence-corrected chi connectivity index (χ0v) is 6.36. The molecule has 46 valence electrons. The summed E-state index contributed by atoms with van der Waals surface area (Å²) in [5, 5.41) is 2.41. The zero-order chi connectivity index (χ0) is 6.57. The Labute approximate surface area is 58.0 Å². The number of thioether (sulfide) groups is 1. The first-order valence-corrected chi connectivity index (χ1v) is 3.65. The van der Waals surface area contributed by atoms with Crippen LogP contribution in [0.15, 0.2) is 0 Å². The van der Waals surface area contributed by atoms with Gasteiger partial charge in [0.15, 0.2) is 0 Å². The summed E-state index contributed by atoms with van der Waals surface area (Å²) in [6.07, 6.45) is 1.78. The van der Waals surface area contributed by atoms with Crippen molar-refractivity contribution in [3.05, 3.63) is 0 Å². The van der Waals surface area contributed by atoms with E-state index in [1.165, 1.54) is 11.8 Å². The number of carbonyl (C=O) groups is 1. The van der Waals surface area contributed by atoms with Gasteiger partial charge in [-0.2, -0.15) is 0 Å². The molecule has 0 aliphatic rings. The van der Waals surface area contributed by atoms with Crippen LogP contribution in [-0.4, -0.2) is 23.4 Å². The van der Waals surface area contributed by atoms with E-state index in [4.69, 9.17) is 0 Å². The average Bonchev–Trinajstić information content (AvgIpc) is 1.84. The third-order valence-electron chi connectivity index (χ3n) is 0.598. The fourth-order valence-corrected chi connectivity index (χ4v) is 0.584. The molecule has 2 nitrogen and oxygen atoms in total. The zero-order valence-electron chi connectivity index (χ0n) is 4.72. The van der Waals surface area contributed by atoms with Gasteiger partial charge in [0, 0.05) is 7.05 Å². The molecule has 8 heavy (non-hydrogen) atoms. The lowest BCUT2D eigenvalue weighted by atomic mass is 10.7. The van der Waals surface area contributed by atoms with Gasteiger partial charge in [-0.05, 0) is 6.26 Å². The highest BCUT2D eigenvalue weighted by Gasteiger charge is 2.01. The molecule has 0 saturated carbocycles. The largest absolute Gasteiger partial charge is 0.354 e. The molecule has 0 unspecified atom stereocenters. The minimum atomic E-state index is -0.174. The summed E-state index contributed by atoms with van der Waals surface area (Å²) in [4.78, 5) is 10.5. The van der Waals surface area contributed by atoms with Crippen molar-refractivity contribution in [2.24, 2.45) is 0 Å². The number of rotatable bonds is 0. The van der Waals surface area contributed by atoms with Gasteiger partial charge in [-0.3, -0.25) is 4.79 Å². The summed E-state index contributed by atoms with van der Waals surface area (Å²) in [5.74, 6) is -0.174. The Morgan fingerprint density at radius 3 is 2.38 bits per heavy atom. The van der Waals surface area contributed by atoms with Gasteiger partial charge in [0.05, 0.1) is 0 Å². The first-order valence-electron chi connectivity index (χ1n) is 2.02. The fourth-order valence-electron chi connectivity index (χ4n) is 0.195. The van der Waals surface area contributed by atoms with Gasteiger partial charge < -0.3 is 5.32 Å². The summed E-state index contributed by atoms with van der Waals surface area (Å²) in [7, 11) is 1.56. The van der Waals surface area contributed by atoms with Crippen molar-refractivity contribution < 1.29 is 4.79 Å². The van der Waals surface area contributed by atoms with Crippen LogP contribution in [0.5, 0.6) is 0 Å². The molecule has 0 fully saturated rings. The van der Waals surface area contributed by atoms with Gasteiger partial charge in [-0.15, -0.1) is 11.8 Å². The Morgan fingerprint density at radius 1 is 1.75 bits per heavy atom. The van der Waals surface area contributed by atoms with E-state index in [1.807, 2.05) is 0 Å². The van der Waals surface area contributed by atoms with Gasteiger partial charge >= 0.3 is 0 Å². The molecule has 0 aromatic heterocycles. The van der Waals surface area contributed by atoms with Crippen molar-refractivity contribution in [3.8, 4) is 0 Å². The lowest BCUT2D eigenvalue weighted by molar-refractivity contribution is -0.113. The maximum absolute atomic E-state index is 10.5. The maximum Gasteiger partial charge on any atom is 0.268 e. The monoisotopic (exact) mass is 149 g/mol. The topological polar surface area (TPSA) is 29.1 Å². The minimum absolute atomic E-state index is 0.174. The van der Waals surface area contributed by atoms with Gasteiger partial charge in [-0.1, -0.05) is 12.2 Å². The van der Waals surface area contributed by atoms with Gasteiger partial charge in [0.1, 0.15) is 4.20 Å². The lowest BCUT2D eigenvalue weighted by Crippen LogP contribution is -2.23. The number of nitrogens with one attached hydrogen (secondary N) is 1. The van der Waals surface area contributed by atoms with Crippen LogP contribution >= 0.6 is 24.0 Å². The van der Waals surface area contributed by atoms with E-state index in [-0.39, 0.29) is 5.91 Å². The molecule has 0 spiro atoms. The smallest absolute Gasteiger partial charge is 0.268 e. The molecule has 0 heterocycles. The minimum Gasteiger partial charge on any atom is -0.354 e. The van der Waals surface area contributed by atoms with Crippen LogP contribution in [0.1, 0.15) is 0 Å². The molecule has 1 amide bonds. The Bertz CT molecular complexity index is 98.6. The molecule has 1 N–H and O–H groups in total. The Hall–Kier alpha value is -0.0900. The Balaban J connectivity index is 3.64. The second kappa shape index (κ2) is 3.86. The number of hydrogen-bond donors (Lipinski definition) is 1. The molecule has 0 aromatic rings. The molecule has 0 aliphatic heterocycles. The van der Waals surface area contributed by atoms with Gasteiger partial charge in [0.25, 0.3) is 5.91 Å². The van der Waals surface area contributed by atoms with Gasteiger partial charge in [-0.25, -0.2) is 0 Å². The van der Waals surface area contributed by atoms with Gasteiger partial charge in [0.2, 0.25) is 0 Å². The summed E-state index contributed by atoms with van der Waals surface area (Å²) in [6, 6.07) is 0. The van der Waals surface area contributed by atoms with E-state index in [9.17, 15) is 4.79 Å². The van der Waals surface area contributed by atoms with Crippen molar-refractivity contribution in [1.29, 1.82) is 0 Å². The van der Waals surface area contributed by atoms with E-state index < -0.39 is 0 Å². The summed E-state index contributed by atoms with van der Waals surface area (Å²) >= 11 is 5.90. The van der Waals surface area contributed by atoms with Crippen LogP contribution in [-0.2, 0) is 4.79 Å². The quantitative estimate of drug-likeness (QED) is 0.506. The van der Waals surface area contributed by atoms with Crippen molar-refractivity contribution in [3.63, 3.8) is 0 Å². The number of amides is 1. The second-order valence-corrected chi connectivity index (χ2v) is 2.55. The van der Waals surface area contributed by atoms with Crippen molar-refractivity contribution >= 4 is 34.1 Å². The van der Waals surface area contributed by atoms with E-state index in [1.54, 1.807) is 13.3 Å². The van der Waals surface area contributed by atoms with Crippen molar-refractivity contribution in [2.45, 2.75) is 0 Å². The molecule has 4 heteroatoms. The van der Waals surface area contributed by atoms with E-state index >= 15 is 0 Å². The molecule has 0 saturated heterocycles.